The van der Waals surface area contributed by atoms with Crippen molar-refractivity contribution in [2.45, 2.75) is 13.8 Å². The second-order valence-electron chi connectivity index (χ2n) is 3.97. The summed E-state index contributed by atoms with van der Waals surface area (Å²) in [5, 5.41) is 0. The fourth-order valence-corrected chi connectivity index (χ4v) is 1.97. The van der Waals surface area contributed by atoms with Crippen LogP contribution in [0.1, 0.15) is 11.1 Å². The maximum atomic E-state index is 5.44. The molecule has 0 saturated heterocycles. The third kappa shape index (κ3) is 2.11. The SMILES string of the molecule is COc1ncc(-c2cc(C)cc(C)c2OC)[nH]1. The number of benzene rings is 1. The number of hydrogen-bond donors (Lipinski definition) is 1. The predicted octanol–water partition coefficient (Wildman–Crippen LogP) is 2.71. The van der Waals surface area contributed by atoms with E-state index in [1.54, 1.807) is 20.4 Å². The quantitative estimate of drug-likeness (QED) is 0.885. The first-order valence-electron chi connectivity index (χ1n) is 5.40. The normalized spacial score (nSPS) is 10.4. The third-order valence-corrected chi connectivity index (χ3v) is 2.66. The Hall–Kier alpha value is -1.97. The maximum Gasteiger partial charge on any atom is 0.293 e. The molecule has 0 fully saturated rings. The Bertz CT molecular complexity index is 532. The van der Waals surface area contributed by atoms with E-state index in [0.717, 1.165) is 22.6 Å². The van der Waals surface area contributed by atoms with Crippen LogP contribution in [0.3, 0.4) is 0 Å². The van der Waals surface area contributed by atoms with E-state index in [-0.39, 0.29) is 0 Å². The van der Waals surface area contributed by atoms with E-state index in [4.69, 9.17) is 9.47 Å². The molecule has 4 nitrogen and oxygen atoms in total. The van der Waals surface area contributed by atoms with Crippen molar-refractivity contribution in [3.05, 3.63) is 29.5 Å². The van der Waals surface area contributed by atoms with Crippen LogP contribution in [0.4, 0.5) is 0 Å². The van der Waals surface area contributed by atoms with Gasteiger partial charge in [-0.05, 0) is 31.0 Å². The number of rotatable bonds is 3. The minimum Gasteiger partial charge on any atom is -0.496 e. The van der Waals surface area contributed by atoms with Gasteiger partial charge in [0.2, 0.25) is 0 Å². The molecule has 0 saturated carbocycles. The van der Waals surface area contributed by atoms with Crippen molar-refractivity contribution in [2.75, 3.05) is 14.2 Å². The van der Waals surface area contributed by atoms with Crippen molar-refractivity contribution < 1.29 is 9.47 Å². The van der Waals surface area contributed by atoms with Crippen LogP contribution in [-0.4, -0.2) is 24.2 Å². The molecule has 1 aromatic heterocycles. The summed E-state index contributed by atoms with van der Waals surface area (Å²) in [7, 11) is 3.26. The Balaban J connectivity index is 2.57. The molecule has 17 heavy (non-hydrogen) atoms. The molecule has 0 unspecified atom stereocenters. The van der Waals surface area contributed by atoms with Crippen molar-refractivity contribution in [1.82, 2.24) is 9.97 Å². The van der Waals surface area contributed by atoms with E-state index in [1.807, 2.05) is 6.92 Å². The van der Waals surface area contributed by atoms with Crippen LogP contribution in [-0.2, 0) is 0 Å². The Morgan fingerprint density at radius 3 is 2.47 bits per heavy atom. The van der Waals surface area contributed by atoms with E-state index >= 15 is 0 Å². The van der Waals surface area contributed by atoms with Crippen molar-refractivity contribution >= 4 is 0 Å². The number of hydrogen-bond acceptors (Lipinski definition) is 3. The lowest BCUT2D eigenvalue weighted by molar-refractivity contribution is 0.384. The second kappa shape index (κ2) is 4.49. The number of aryl methyl sites for hydroxylation is 2. The number of aromatic amines is 1. The lowest BCUT2D eigenvalue weighted by Gasteiger charge is -2.11. The summed E-state index contributed by atoms with van der Waals surface area (Å²) >= 11 is 0. The van der Waals surface area contributed by atoms with Gasteiger partial charge in [0.05, 0.1) is 26.1 Å². The highest BCUT2D eigenvalue weighted by Gasteiger charge is 2.12. The van der Waals surface area contributed by atoms with Gasteiger partial charge in [0.25, 0.3) is 6.01 Å². The molecule has 0 aliphatic heterocycles. The molecule has 1 aromatic carbocycles. The summed E-state index contributed by atoms with van der Waals surface area (Å²) in [6.07, 6.45) is 1.75. The zero-order valence-corrected chi connectivity index (χ0v) is 10.5. The number of aromatic nitrogens is 2. The zero-order chi connectivity index (χ0) is 12.4. The van der Waals surface area contributed by atoms with Gasteiger partial charge < -0.3 is 14.5 Å². The topological polar surface area (TPSA) is 47.1 Å². The van der Waals surface area contributed by atoms with Gasteiger partial charge in [0, 0.05) is 5.56 Å². The average molecular weight is 232 g/mol. The predicted molar refractivity (Wildman–Crippen MR) is 66.6 cm³/mol. The number of imidazole rings is 1. The van der Waals surface area contributed by atoms with Crippen LogP contribution in [0, 0.1) is 13.8 Å². The van der Waals surface area contributed by atoms with Gasteiger partial charge in [0.1, 0.15) is 5.75 Å². The van der Waals surface area contributed by atoms with Gasteiger partial charge in [-0.15, -0.1) is 0 Å². The van der Waals surface area contributed by atoms with Crippen LogP contribution in [0.15, 0.2) is 18.3 Å². The zero-order valence-electron chi connectivity index (χ0n) is 10.5. The molecule has 0 aliphatic carbocycles. The molecule has 2 rings (SSSR count). The molecule has 0 bridgehead atoms. The summed E-state index contributed by atoms with van der Waals surface area (Å²) < 4.78 is 10.5. The first-order chi connectivity index (χ1) is 8.15. The number of H-pyrrole nitrogens is 1. The highest BCUT2D eigenvalue weighted by atomic mass is 16.5. The van der Waals surface area contributed by atoms with Crippen LogP contribution in [0.2, 0.25) is 0 Å². The summed E-state index contributed by atoms with van der Waals surface area (Å²) in [5.74, 6) is 0.863. The van der Waals surface area contributed by atoms with E-state index < -0.39 is 0 Å². The number of ether oxygens (including phenoxy) is 2. The first kappa shape index (κ1) is 11.5. The third-order valence-electron chi connectivity index (χ3n) is 2.66. The number of nitrogens with zero attached hydrogens (tertiary/aromatic N) is 1. The van der Waals surface area contributed by atoms with E-state index in [0.29, 0.717) is 6.01 Å². The van der Waals surface area contributed by atoms with Gasteiger partial charge in [-0.25, -0.2) is 4.98 Å². The van der Waals surface area contributed by atoms with Crippen molar-refractivity contribution in [1.29, 1.82) is 0 Å². The molecule has 90 valence electrons. The number of methoxy groups -OCH3 is 2. The van der Waals surface area contributed by atoms with Crippen LogP contribution >= 0.6 is 0 Å². The Morgan fingerprint density at radius 2 is 1.88 bits per heavy atom. The molecular weight excluding hydrogens is 216 g/mol. The minimum absolute atomic E-state index is 0.501. The number of nitrogens with one attached hydrogen (secondary N) is 1. The molecule has 1 heterocycles. The largest absolute Gasteiger partial charge is 0.496 e. The van der Waals surface area contributed by atoms with Gasteiger partial charge in [-0.2, -0.15) is 0 Å². The maximum absolute atomic E-state index is 5.44. The van der Waals surface area contributed by atoms with Crippen molar-refractivity contribution in [2.24, 2.45) is 0 Å². The lowest BCUT2D eigenvalue weighted by Crippen LogP contribution is -1.93. The fourth-order valence-electron chi connectivity index (χ4n) is 1.97. The smallest absolute Gasteiger partial charge is 0.293 e. The van der Waals surface area contributed by atoms with Gasteiger partial charge in [0.15, 0.2) is 0 Å². The molecule has 0 radical (unpaired) electrons. The molecule has 0 spiro atoms. The van der Waals surface area contributed by atoms with E-state index in [9.17, 15) is 0 Å². The highest BCUT2D eigenvalue weighted by Crippen LogP contribution is 2.33. The monoisotopic (exact) mass is 232 g/mol. The average Bonchev–Trinajstić information content (AvgIpc) is 2.76. The highest BCUT2D eigenvalue weighted by molar-refractivity contribution is 5.70. The lowest BCUT2D eigenvalue weighted by atomic mass is 10.0. The summed E-state index contributed by atoms with van der Waals surface area (Å²) in [5.41, 5.74) is 4.19. The standard InChI is InChI=1S/C13H16N2O2/c1-8-5-9(2)12(16-3)10(6-8)11-7-14-13(15-11)17-4/h5-7H,1-4H3,(H,14,15). The first-order valence-corrected chi connectivity index (χ1v) is 5.40. The van der Waals surface area contributed by atoms with Crippen LogP contribution in [0.5, 0.6) is 11.8 Å². The van der Waals surface area contributed by atoms with Gasteiger partial charge in [-0.3, -0.25) is 0 Å². The molecular formula is C13H16N2O2. The Labute approximate surface area is 101 Å². The summed E-state index contributed by atoms with van der Waals surface area (Å²) in [6, 6.07) is 4.66. The minimum atomic E-state index is 0.501. The molecule has 4 heteroatoms. The van der Waals surface area contributed by atoms with Gasteiger partial charge in [-0.1, -0.05) is 6.07 Å². The van der Waals surface area contributed by atoms with Crippen molar-refractivity contribution in [3.63, 3.8) is 0 Å². The van der Waals surface area contributed by atoms with E-state index in [1.165, 1.54) is 5.56 Å². The van der Waals surface area contributed by atoms with Gasteiger partial charge >= 0.3 is 0 Å². The Kier molecular flexibility index (Phi) is 3.04. The summed E-state index contributed by atoms with van der Waals surface area (Å²) in [6.45, 7) is 4.09. The van der Waals surface area contributed by atoms with Crippen LogP contribution in [0.25, 0.3) is 11.3 Å². The second-order valence-corrected chi connectivity index (χ2v) is 3.97. The molecule has 0 aliphatic rings. The molecule has 2 aromatic rings. The molecule has 1 N–H and O–H groups in total. The Morgan fingerprint density at radius 1 is 1.12 bits per heavy atom. The fraction of sp³-hybridized carbons (Fsp3) is 0.308. The molecule has 0 amide bonds. The summed E-state index contributed by atoms with van der Waals surface area (Å²) in [4.78, 5) is 7.21. The van der Waals surface area contributed by atoms with Crippen LogP contribution < -0.4 is 9.47 Å². The van der Waals surface area contributed by atoms with E-state index in [2.05, 4.69) is 29.0 Å². The van der Waals surface area contributed by atoms with Crippen molar-refractivity contribution in [3.8, 4) is 23.0 Å². The molecule has 0 atom stereocenters.